The van der Waals surface area contributed by atoms with Gasteiger partial charge >= 0.3 is 0 Å². The summed E-state index contributed by atoms with van der Waals surface area (Å²) < 4.78 is 5.46. The van der Waals surface area contributed by atoms with Crippen molar-refractivity contribution in [2.75, 3.05) is 13.2 Å². The van der Waals surface area contributed by atoms with Gasteiger partial charge in [-0.15, -0.1) is 0 Å². The molecule has 0 aliphatic carbocycles. The van der Waals surface area contributed by atoms with Crippen LogP contribution in [0.2, 0.25) is 0 Å². The fourth-order valence-corrected chi connectivity index (χ4v) is 1.96. The quantitative estimate of drug-likeness (QED) is 0.820. The summed E-state index contributed by atoms with van der Waals surface area (Å²) in [7, 11) is 0. The number of para-hydroxylation sites is 1. The van der Waals surface area contributed by atoms with Crippen molar-refractivity contribution in [3.63, 3.8) is 0 Å². The highest BCUT2D eigenvalue weighted by atomic mass is 16.5. The minimum Gasteiger partial charge on any atom is -0.492 e. The van der Waals surface area contributed by atoms with Gasteiger partial charge in [0.05, 0.1) is 12.6 Å². The second-order valence-corrected chi connectivity index (χ2v) is 4.20. The Morgan fingerprint density at radius 3 is 3.06 bits per heavy atom. The van der Waals surface area contributed by atoms with Gasteiger partial charge in [0.1, 0.15) is 18.3 Å². The van der Waals surface area contributed by atoms with E-state index >= 15 is 0 Å². The van der Waals surface area contributed by atoms with Crippen LogP contribution in [0.3, 0.4) is 0 Å². The van der Waals surface area contributed by atoms with E-state index in [2.05, 4.69) is 5.32 Å². The van der Waals surface area contributed by atoms with Gasteiger partial charge in [0, 0.05) is 5.56 Å². The first kappa shape index (κ1) is 11.9. The lowest BCUT2D eigenvalue weighted by molar-refractivity contribution is -0.123. The summed E-state index contributed by atoms with van der Waals surface area (Å²) in [5.74, 6) is 0.451. The smallest absolute Gasteiger partial charge is 0.231 e. The zero-order valence-corrected chi connectivity index (χ0v) is 9.85. The van der Waals surface area contributed by atoms with E-state index < -0.39 is 0 Å². The summed E-state index contributed by atoms with van der Waals surface area (Å²) in [5, 5.41) is 11.9. The number of aliphatic hydroxyl groups is 1. The molecule has 0 radical (unpaired) electrons. The number of benzene rings is 1. The van der Waals surface area contributed by atoms with Crippen molar-refractivity contribution in [1.29, 1.82) is 0 Å². The first-order valence-corrected chi connectivity index (χ1v) is 5.89. The van der Waals surface area contributed by atoms with E-state index in [1.54, 1.807) is 0 Å². The number of nitrogens with one attached hydrogen (secondary N) is 1. The SMILES string of the molecule is CCC(CO)NC(=O)C1COc2ccccc21. The molecule has 1 amide bonds. The topological polar surface area (TPSA) is 58.6 Å². The molecule has 2 rings (SSSR count). The summed E-state index contributed by atoms with van der Waals surface area (Å²) in [6.07, 6.45) is 0.720. The predicted molar refractivity (Wildman–Crippen MR) is 64.0 cm³/mol. The van der Waals surface area contributed by atoms with E-state index in [-0.39, 0.29) is 24.5 Å². The minimum atomic E-state index is -0.258. The van der Waals surface area contributed by atoms with Crippen LogP contribution >= 0.6 is 0 Å². The molecule has 1 aliphatic rings. The molecule has 0 spiro atoms. The van der Waals surface area contributed by atoms with Crippen LogP contribution in [0, 0.1) is 0 Å². The molecular formula is C13H17NO3. The molecule has 0 aromatic heterocycles. The molecule has 2 N–H and O–H groups in total. The largest absolute Gasteiger partial charge is 0.492 e. The highest BCUT2D eigenvalue weighted by Gasteiger charge is 2.30. The molecule has 2 unspecified atom stereocenters. The number of hydrogen-bond donors (Lipinski definition) is 2. The van der Waals surface area contributed by atoms with E-state index in [4.69, 9.17) is 9.84 Å². The first-order chi connectivity index (χ1) is 8.26. The van der Waals surface area contributed by atoms with Gasteiger partial charge in [-0.25, -0.2) is 0 Å². The maximum atomic E-state index is 12.0. The minimum absolute atomic E-state index is 0.0303. The number of rotatable bonds is 4. The second-order valence-electron chi connectivity index (χ2n) is 4.20. The number of hydrogen-bond acceptors (Lipinski definition) is 3. The van der Waals surface area contributed by atoms with Crippen molar-refractivity contribution in [3.05, 3.63) is 29.8 Å². The third-order valence-corrected chi connectivity index (χ3v) is 3.08. The molecule has 0 fully saturated rings. The molecule has 4 heteroatoms. The maximum Gasteiger partial charge on any atom is 0.231 e. The van der Waals surface area contributed by atoms with Crippen LogP contribution in [0.5, 0.6) is 5.75 Å². The summed E-state index contributed by atoms with van der Waals surface area (Å²) >= 11 is 0. The number of carbonyl (C=O) groups excluding carboxylic acids is 1. The molecule has 0 saturated carbocycles. The Morgan fingerprint density at radius 1 is 1.59 bits per heavy atom. The maximum absolute atomic E-state index is 12.0. The van der Waals surface area contributed by atoms with Gasteiger partial charge in [0.2, 0.25) is 5.91 Å². The predicted octanol–water partition coefficient (Wildman–Crippen LogP) is 1.05. The monoisotopic (exact) mass is 235 g/mol. The molecule has 2 atom stereocenters. The van der Waals surface area contributed by atoms with Crippen LogP contribution in [-0.4, -0.2) is 30.3 Å². The fraction of sp³-hybridized carbons (Fsp3) is 0.462. The Labute approximate surface area is 101 Å². The second kappa shape index (κ2) is 5.19. The van der Waals surface area contributed by atoms with Crippen molar-refractivity contribution in [1.82, 2.24) is 5.32 Å². The van der Waals surface area contributed by atoms with E-state index in [0.29, 0.717) is 6.61 Å². The molecule has 1 aromatic rings. The average molecular weight is 235 g/mol. The molecule has 0 saturated heterocycles. The first-order valence-electron chi connectivity index (χ1n) is 5.89. The van der Waals surface area contributed by atoms with E-state index in [1.165, 1.54) is 0 Å². The molecule has 17 heavy (non-hydrogen) atoms. The van der Waals surface area contributed by atoms with Crippen molar-refractivity contribution in [3.8, 4) is 5.75 Å². The van der Waals surface area contributed by atoms with E-state index in [0.717, 1.165) is 17.7 Å². The molecule has 0 bridgehead atoms. The standard InChI is InChI=1S/C13H17NO3/c1-2-9(7-15)14-13(16)11-8-17-12-6-4-3-5-10(11)12/h3-6,9,11,15H,2,7-8H2,1H3,(H,14,16). The van der Waals surface area contributed by atoms with Gasteiger partial charge in [-0.3, -0.25) is 4.79 Å². The van der Waals surface area contributed by atoms with Gasteiger partial charge in [0.15, 0.2) is 0 Å². The summed E-state index contributed by atoms with van der Waals surface area (Å²) in [6.45, 7) is 2.28. The molecule has 92 valence electrons. The number of ether oxygens (including phenoxy) is 1. The third-order valence-electron chi connectivity index (χ3n) is 3.08. The molecule has 1 aromatic carbocycles. The molecule has 1 heterocycles. The summed E-state index contributed by atoms with van der Waals surface area (Å²) in [4.78, 5) is 12.0. The molecular weight excluding hydrogens is 218 g/mol. The van der Waals surface area contributed by atoms with Crippen molar-refractivity contribution < 1.29 is 14.6 Å². The normalized spacial score (nSPS) is 19.3. The van der Waals surface area contributed by atoms with Gasteiger partial charge in [-0.2, -0.15) is 0 Å². The highest BCUT2D eigenvalue weighted by molar-refractivity contribution is 5.85. The third kappa shape index (κ3) is 2.42. The van der Waals surface area contributed by atoms with Crippen LogP contribution in [0.4, 0.5) is 0 Å². The molecule has 4 nitrogen and oxygen atoms in total. The highest BCUT2D eigenvalue weighted by Crippen LogP contribution is 2.33. The number of fused-ring (bicyclic) bond motifs is 1. The zero-order chi connectivity index (χ0) is 12.3. The van der Waals surface area contributed by atoms with Crippen LogP contribution in [0.1, 0.15) is 24.8 Å². The van der Waals surface area contributed by atoms with Crippen LogP contribution in [0.25, 0.3) is 0 Å². The lowest BCUT2D eigenvalue weighted by Gasteiger charge is -2.16. The van der Waals surface area contributed by atoms with Crippen LogP contribution in [-0.2, 0) is 4.79 Å². The Hall–Kier alpha value is -1.55. The van der Waals surface area contributed by atoms with E-state index in [1.807, 2.05) is 31.2 Å². The lowest BCUT2D eigenvalue weighted by Crippen LogP contribution is -2.40. The van der Waals surface area contributed by atoms with Crippen molar-refractivity contribution >= 4 is 5.91 Å². The lowest BCUT2D eigenvalue weighted by atomic mass is 10.00. The Bertz CT molecular complexity index is 401. The average Bonchev–Trinajstić information content (AvgIpc) is 2.79. The van der Waals surface area contributed by atoms with Crippen LogP contribution in [0.15, 0.2) is 24.3 Å². The number of amides is 1. The van der Waals surface area contributed by atoms with E-state index in [9.17, 15) is 4.79 Å². The number of carbonyl (C=O) groups is 1. The van der Waals surface area contributed by atoms with Crippen molar-refractivity contribution in [2.45, 2.75) is 25.3 Å². The summed E-state index contributed by atoms with van der Waals surface area (Å²) in [6, 6.07) is 7.40. The fourth-order valence-electron chi connectivity index (χ4n) is 1.96. The van der Waals surface area contributed by atoms with Gasteiger partial charge in [-0.05, 0) is 12.5 Å². The zero-order valence-electron chi connectivity index (χ0n) is 9.85. The Balaban J connectivity index is 2.07. The summed E-state index contributed by atoms with van der Waals surface area (Å²) in [5.41, 5.74) is 0.929. The van der Waals surface area contributed by atoms with Crippen molar-refractivity contribution in [2.24, 2.45) is 0 Å². The number of aliphatic hydroxyl groups excluding tert-OH is 1. The Kier molecular flexibility index (Phi) is 3.64. The van der Waals surface area contributed by atoms with Gasteiger partial charge in [-0.1, -0.05) is 25.1 Å². The Morgan fingerprint density at radius 2 is 2.35 bits per heavy atom. The van der Waals surface area contributed by atoms with Crippen LogP contribution < -0.4 is 10.1 Å². The van der Waals surface area contributed by atoms with Gasteiger partial charge < -0.3 is 15.2 Å². The van der Waals surface area contributed by atoms with Gasteiger partial charge in [0.25, 0.3) is 0 Å². The molecule has 1 aliphatic heterocycles.